The summed E-state index contributed by atoms with van der Waals surface area (Å²) in [6.45, 7) is 7.47. The molecule has 70 valence electrons. The molecule has 0 spiro atoms. The monoisotopic (exact) mass is 196 g/mol. The van der Waals surface area contributed by atoms with Gasteiger partial charge < -0.3 is 0 Å². The smallest absolute Gasteiger partial charge is 0.160 e. The molecule has 0 amide bonds. The molecule has 0 saturated heterocycles. The Morgan fingerprint density at radius 3 is 2.15 bits per heavy atom. The second kappa shape index (κ2) is 3.51. The van der Waals surface area contributed by atoms with E-state index in [2.05, 4.69) is 0 Å². The van der Waals surface area contributed by atoms with E-state index >= 15 is 0 Å². The average molecular weight is 197 g/mol. The molecule has 0 aliphatic rings. The summed E-state index contributed by atoms with van der Waals surface area (Å²) in [6.07, 6.45) is 0. The van der Waals surface area contributed by atoms with Crippen LogP contribution in [0.1, 0.15) is 34.0 Å². The van der Waals surface area contributed by atoms with Crippen molar-refractivity contribution >= 4 is 17.4 Å². The minimum absolute atomic E-state index is 0.0718. The van der Waals surface area contributed by atoms with E-state index in [-0.39, 0.29) is 5.78 Å². The van der Waals surface area contributed by atoms with Crippen molar-refractivity contribution in [2.24, 2.45) is 0 Å². The number of hydrogen-bond donors (Lipinski definition) is 0. The van der Waals surface area contributed by atoms with Crippen molar-refractivity contribution in [1.82, 2.24) is 0 Å². The molecule has 0 bridgehead atoms. The molecule has 0 aliphatic heterocycles. The lowest BCUT2D eigenvalue weighted by Gasteiger charge is -2.10. The quantitative estimate of drug-likeness (QED) is 0.629. The van der Waals surface area contributed by atoms with Crippen LogP contribution in [0.4, 0.5) is 0 Å². The third-order valence-corrected chi connectivity index (χ3v) is 2.93. The fourth-order valence-electron chi connectivity index (χ4n) is 1.37. The highest BCUT2D eigenvalue weighted by Gasteiger charge is 2.10. The van der Waals surface area contributed by atoms with Gasteiger partial charge >= 0.3 is 0 Å². The second-order valence-corrected chi connectivity index (χ2v) is 3.74. The first kappa shape index (κ1) is 10.3. The molecule has 0 aromatic heterocycles. The van der Waals surface area contributed by atoms with Gasteiger partial charge in [-0.05, 0) is 50.5 Å². The van der Waals surface area contributed by atoms with Gasteiger partial charge in [0.05, 0.1) is 0 Å². The summed E-state index contributed by atoms with van der Waals surface area (Å²) < 4.78 is 0. The molecular formula is C11H13ClO. The standard InChI is InChI=1S/C11H13ClO/c1-6-7(2)10(9(4)13)5-11(12)8(6)3/h5H,1-4H3. The molecule has 0 unspecified atom stereocenters. The molecule has 13 heavy (non-hydrogen) atoms. The zero-order valence-corrected chi connectivity index (χ0v) is 9.12. The van der Waals surface area contributed by atoms with E-state index in [4.69, 9.17) is 11.6 Å². The Morgan fingerprint density at radius 1 is 1.15 bits per heavy atom. The Hall–Kier alpha value is -0.820. The van der Waals surface area contributed by atoms with Gasteiger partial charge in [-0.2, -0.15) is 0 Å². The van der Waals surface area contributed by atoms with Crippen molar-refractivity contribution in [1.29, 1.82) is 0 Å². The predicted molar refractivity (Wildman–Crippen MR) is 55.7 cm³/mol. The van der Waals surface area contributed by atoms with Crippen molar-refractivity contribution in [3.63, 3.8) is 0 Å². The molecule has 0 N–H and O–H groups in total. The van der Waals surface area contributed by atoms with E-state index < -0.39 is 0 Å². The Labute approximate surface area is 83.7 Å². The summed E-state index contributed by atoms with van der Waals surface area (Å²) in [5, 5.41) is 0.674. The van der Waals surface area contributed by atoms with E-state index in [1.165, 1.54) is 0 Å². The lowest BCUT2D eigenvalue weighted by molar-refractivity contribution is 0.101. The van der Waals surface area contributed by atoms with Gasteiger partial charge in [-0.1, -0.05) is 11.6 Å². The topological polar surface area (TPSA) is 17.1 Å². The van der Waals surface area contributed by atoms with Crippen molar-refractivity contribution in [3.05, 3.63) is 33.3 Å². The lowest BCUT2D eigenvalue weighted by Crippen LogP contribution is -2.00. The third kappa shape index (κ3) is 1.75. The Balaban J connectivity index is 3.50. The first-order valence-corrected chi connectivity index (χ1v) is 4.60. The lowest BCUT2D eigenvalue weighted by atomic mass is 9.97. The van der Waals surface area contributed by atoms with Crippen LogP contribution in [0.2, 0.25) is 5.02 Å². The van der Waals surface area contributed by atoms with E-state index in [0.29, 0.717) is 5.02 Å². The van der Waals surface area contributed by atoms with Crippen LogP contribution in [-0.2, 0) is 0 Å². The normalized spacial score (nSPS) is 10.2. The van der Waals surface area contributed by atoms with Crippen LogP contribution in [0, 0.1) is 20.8 Å². The molecule has 0 aliphatic carbocycles. The molecule has 0 atom stereocenters. The molecule has 1 nitrogen and oxygen atoms in total. The van der Waals surface area contributed by atoms with Gasteiger partial charge in [-0.3, -0.25) is 4.79 Å². The fourth-order valence-corrected chi connectivity index (χ4v) is 1.62. The number of benzene rings is 1. The van der Waals surface area contributed by atoms with Gasteiger partial charge in [-0.25, -0.2) is 0 Å². The average Bonchev–Trinajstić information content (AvgIpc) is 2.07. The van der Waals surface area contributed by atoms with Gasteiger partial charge in [0.15, 0.2) is 5.78 Å². The molecule has 0 radical (unpaired) electrons. The minimum atomic E-state index is 0.0718. The first-order chi connectivity index (χ1) is 5.95. The number of hydrogen-bond acceptors (Lipinski definition) is 1. The van der Waals surface area contributed by atoms with Crippen LogP contribution in [0.3, 0.4) is 0 Å². The van der Waals surface area contributed by atoms with Crippen molar-refractivity contribution in [2.45, 2.75) is 27.7 Å². The van der Waals surface area contributed by atoms with Crippen LogP contribution >= 0.6 is 11.6 Å². The number of Topliss-reactive ketones (excluding diaryl/α,β-unsaturated/α-hetero) is 1. The van der Waals surface area contributed by atoms with Crippen LogP contribution in [-0.4, -0.2) is 5.78 Å². The first-order valence-electron chi connectivity index (χ1n) is 4.22. The summed E-state index contributed by atoms with van der Waals surface area (Å²) in [7, 11) is 0. The van der Waals surface area contributed by atoms with Gasteiger partial charge in [-0.15, -0.1) is 0 Å². The summed E-state index contributed by atoms with van der Waals surface area (Å²) in [5.41, 5.74) is 3.93. The minimum Gasteiger partial charge on any atom is -0.295 e. The van der Waals surface area contributed by atoms with Crippen LogP contribution in [0.25, 0.3) is 0 Å². The van der Waals surface area contributed by atoms with E-state index in [9.17, 15) is 4.79 Å². The largest absolute Gasteiger partial charge is 0.295 e. The van der Waals surface area contributed by atoms with Gasteiger partial charge in [0.1, 0.15) is 0 Å². The van der Waals surface area contributed by atoms with E-state index in [1.54, 1.807) is 13.0 Å². The summed E-state index contributed by atoms with van der Waals surface area (Å²) in [5.74, 6) is 0.0718. The summed E-state index contributed by atoms with van der Waals surface area (Å²) >= 11 is 5.98. The maximum atomic E-state index is 11.2. The highest BCUT2D eigenvalue weighted by Crippen LogP contribution is 2.25. The SMILES string of the molecule is CC(=O)c1cc(Cl)c(C)c(C)c1C. The van der Waals surface area contributed by atoms with Crippen molar-refractivity contribution in [2.75, 3.05) is 0 Å². The molecule has 1 aromatic rings. The summed E-state index contributed by atoms with van der Waals surface area (Å²) in [6, 6.07) is 1.75. The second-order valence-electron chi connectivity index (χ2n) is 3.34. The molecule has 2 heteroatoms. The molecule has 1 aromatic carbocycles. The van der Waals surface area contributed by atoms with Gasteiger partial charge in [0.25, 0.3) is 0 Å². The number of rotatable bonds is 1. The summed E-state index contributed by atoms with van der Waals surface area (Å²) in [4.78, 5) is 11.2. The maximum Gasteiger partial charge on any atom is 0.160 e. The Bertz CT molecular complexity index is 367. The molecule has 0 heterocycles. The number of halogens is 1. The van der Waals surface area contributed by atoms with Crippen LogP contribution in [0.15, 0.2) is 6.07 Å². The fraction of sp³-hybridized carbons (Fsp3) is 0.364. The zero-order valence-electron chi connectivity index (χ0n) is 8.36. The van der Waals surface area contributed by atoms with E-state index in [1.807, 2.05) is 20.8 Å². The van der Waals surface area contributed by atoms with Crippen molar-refractivity contribution < 1.29 is 4.79 Å². The molecule has 0 fully saturated rings. The number of carbonyl (C=O) groups excluding carboxylic acids is 1. The van der Waals surface area contributed by atoms with E-state index in [0.717, 1.165) is 22.3 Å². The highest BCUT2D eigenvalue weighted by atomic mass is 35.5. The molecule has 0 saturated carbocycles. The number of ketones is 1. The van der Waals surface area contributed by atoms with Gasteiger partial charge in [0, 0.05) is 10.6 Å². The number of carbonyl (C=O) groups is 1. The Morgan fingerprint density at radius 2 is 1.69 bits per heavy atom. The molecular weight excluding hydrogens is 184 g/mol. The van der Waals surface area contributed by atoms with Crippen LogP contribution < -0.4 is 0 Å². The zero-order chi connectivity index (χ0) is 10.2. The molecule has 1 rings (SSSR count). The third-order valence-electron chi connectivity index (χ3n) is 2.54. The van der Waals surface area contributed by atoms with Crippen LogP contribution in [0.5, 0.6) is 0 Å². The maximum absolute atomic E-state index is 11.2. The highest BCUT2D eigenvalue weighted by molar-refractivity contribution is 6.31. The van der Waals surface area contributed by atoms with Crippen molar-refractivity contribution in [3.8, 4) is 0 Å². The van der Waals surface area contributed by atoms with Gasteiger partial charge in [0.2, 0.25) is 0 Å². The Kier molecular flexibility index (Phi) is 2.77. The predicted octanol–water partition coefficient (Wildman–Crippen LogP) is 3.47.